The van der Waals surface area contributed by atoms with Crippen LogP contribution in [0.25, 0.3) is 0 Å². The quantitative estimate of drug-likeness (QED) is 0.0311. The van der Waals surface area contributed by atoms with Crippen molar-refractivity contribution in [2.24, 2.45) is 0 Å². The number of aliphatic hydroxyl groups excluding tert-OH is 4. The number of allylic oxidation sites excluding steroid dienone is 2. The zero-order valence-electron chi connectivity index (χ0n) is 30.7. The van der Waals surface area contributed by atoms with E-state index in [-0.39, 0.29) is 19.2 Å². The monoisotopic (exact) mass is 687 g/mol. The fraction of sp³-hybridized carbons (Fsp3) is 0.923. The van der Waals surface area contributed by atoms with Crippen LogP contribution in [-0.4, -0.2) is 89.6 Å². The van der Waals surface area contributed by atoms with Crippen molar-refractivity contribution in [3.05, 3.63) is 12.2 Å². The van der Waals surface area contributed by atoms with Gasteiger partial charge in [0.25, 0.3) is 0 Å². The summed E-state index contributed by atoms with van der Waals surface area (Å²) in [4.78, 5) is 12.7. The lowest BCUT2D eigenvalue weighted by Gasteiger charge is -2.39. The second-order valence-electron chi connectivity index (χ2n) is 13.7. The molecule has 0 aromatic rings. The number of ether oxygens (including phenoxy) is 4. The molecule has 1 rings (SSSR count). The van der Waals surface area contributed by atoms with Gasteiger partial charge in [-0.25, -0.2) is 0 Å². The molecule has 6 unspecified atom stereocenters. The first-order valence-electron chi connectivity index (χ1n) is 19.8. The van der Waals surface area contributed by atoms with E-state index in [1.54, 1.807) is 0 Å². The van der Waals surface area contributed by atoms with Crippen molar-refractivity contribution in [3.63, 3.8) is 0 Å². The Balaban J connectivity index is 2.32. The van der Waals surface area contributed by atoms with Gasteiger partial charge in [-0.3, -0.25) is 4.79 Å². The fourth-order valence-corrected chi connectivity index (χ4v) is 6.01. The molecule has 1 fully saturated rings. The Morgan fingerprint density at radius 1 is 0.646 bits per heavy atom. The molecular weight excluding hydrogens is 612 g/mol. The van der Waals surface area contributed by atoms with Crippen LogP contribution in [0, 0.1) is 0 Å². The zero-order chi connectivity index (χ0) is 35.1. The summed E-state index contributed by atoms with van der Waals surface area (Å²) >= 11 is 0. The number of hydrogen-bond acceptors (Lipinski definition) is 9. The molecule has 0 bridgehead atoms. The minimum Gasteiger partial charge on any atom is -0.457 e. The average molecular weight is 687 g/mol. The molecule has 0 spiro atoms. The lowest BCUT2D eigenvalue weighted by atomic mass is 9.99. The van der Waals surface area contributed by atoms with Crippen LogP contribution in [0.4, 0.5) is 0 Å². The third-order valence-electron chi connectivity index (χ3n) is 9.18. The van der Waals surface area contributed by atoms with Crippen molar-refractivity contribution in [2.45, 2.75) is 205 Å². The van der Waals surface area contributed by atoms with Crippen LogP contribution in [0.15, 0.2) is 12.2 Å². The van der Waals surface area contributed by atoms with E-state index in [1.165, 1.54) is 116 Å². The normalized spacial score (nSPS) is 22.0. The molecule has 9 heteroatoms. The summed E-state index contributed by atoms with van der Waals surface area (Å²) in [5, 5.41) is 39.9. The molecule has 9 nitrogen and oxygen atoms in total. The summed E-state index contributed by atoms with van der Waals surface area (Å²) in [6.45, 7) is 4.53. The molecule has 0 aliphatic carbocycles. The first kappa shape index (κ1) is 45.0. The number of hydrogen-bond donors (Lipinski definition) is 4. The summed E-state index contributed by atoms with van der Waals surface area (Å²) < 4.78 is 22.7. The van der Waals surface area contributed by atoms with Gasteiger partial charge in [0.15, 0.2) is 6.29 Å². The standard InChI is InChI=1S/C39H74O9/c1-3-5-7-9-11-13-15-16-17-19-21-23-25-27-29-45-31-33(32-46-39-38(44)37(43)36(42)34(30-40)48-39)47-35(41)28-26-24-22-20-18-14-12-10-8-6-4-2/h13,15,33-34,36-40,42-44H,3-12,14,16-32H2,1-2H3/b15-13-. The smallest absolute Gasteiger partial charge is 0.306 e. The third kappa shape index (κ3) is 23.4. The molecule has 1 aliphatic rings. The summed E-state index contributed by atoms with van der Waals surface area (Å²) in [7, 11) is 0. The molecule has 284 valence electrons. The maximum atomic E-state index is 12.7. The van der Waals surface area contributed by atoms with Gasteiger partial charge in [-0.15, -0.1) is 0 Å². The van der Waals surface area contributed by atoms with Gasteiger partial charge in [0.2, 0.25) is 0 Å². The molecule has 1 saturated heterocycles. The minimum absolute atomic E-state index is 0.111. The number of esters is 1. The molecule has 48 heavy (non-hydrogen) atoms. The highest BCUT2D eigenvalue weighted by Gasteiger charge is 2.44. The Morgan fingerprint density at radius 2 is 1.15 bits per heavy atom. The largest absolute Gasteiger partial charge is 0.457 e. The number of aliphatic hydroxyl groups is 4. The van der Waals surface area contributed by atoms with Crippen LogP contribution in [0.5, 0.6) is 0 Å². The van der Waals surface area contributed by atoms with Crippen LogP contribution in [0.2, 0.25) is 0 Å². The molecule has 0 saturated carbocycles. The Labute approximate surface area is 293 Å². The topological polar surface area (TPSA) is 135 Å². The summed E-state index contributed by atoms with van der Waals surface area (Å²) in [5.41, 5.74) is 0. The molecule has 0 amide bonds. The fourth-order valence-electron chi connectivity index (χ4n) is 6.01. The van der Waals surface area contributed by atoms with Crippen molar-refractivity contribution in [3.8, 4) is 0 Å². The molecule has 0 radical (unpaired) electrons. The molecule has 1 heterocycles. The van der Waals surface area contributed by atoms with E-state index >= 15 is 0 Å². The zero-order valence-corrected chi connectivity index (χ0v) is 30.7. The van der Waals surface area contributed by atoms with E-state index in [2.05, 4.69) is 26.0 Å². The van der Waals surface area contributed by atoms with E-state index in [0.29, 0.717) is 13.0 Å². The highest BCUT2D eigenvalue weighted by Crippen LogP contribution is 2.22. The van der Waals surface area contributed by atoms with E-state index in [9.17, 15) is 25.2 Å². The van der Waals surface area contributed by atoms with Gasteiger partial charge in [0.1, 0.15) is 30.5 Å². The molecule has 6 atom stereocenters. The van der Waals surface area contributed by atoms with Crippen molar-refractivity contribution in [1.29, 1.82) is 0 Å². The summed E-state index contributed by atoms with van der Waals surface area (Å²) in [6, 6.07) is 0. The number of carbonyl (C=O) groups is 1. The van der Waals surface area contributed by atoms with Gasteiger partial charge in [0.05, 0.1) is 19.8 Å². The van der Waals surface area contributed by atoms with E-state index in [0.717, 1.165) is 32.1 Å². The second kappa shape index (κ2) is 31.9. The van der Waals surface area contributed by atoms with Crippen LogP contribution in [-0.2, 0) is 23.7 Å². The van der Waals surface area contributed by atoms with Crippen molar-refractivity contribution in [2.75, 3.05) is 26.4 Å². The van der Waals surface area contributed by atoms with Crippen molar-refractivity contribution in [1.82, 2.24) is 0 Å². The predicted molar refractivity (Wildman–Crippen MR) is 192 cm³/mol. The third-order valence-corrected chi connectivity index (χ3v) is 9.18. The first-order valence-corrected chi connectivity index (χ1v) is 19.8. The van der Waals surface area contributed by atoms with Crippen LogP contribution >= 0.6 is 0 Å². The Bertz CT molecular complexity index is 747. The maximum absolute atomic E-state index is 12.7. The lowest BCUT2D eigenvalue weighted by molar-refractivity contribution is -0.305. The van der Waals surface area contributed by atoms with E-state index < -0.39 is 43.4 Å². The molecule has 0 aromatic carbocycles. The molecule has 1 aliphatic heterocycles. The van der Waals surface area contributed by atoms with E-state index in [1.807, 2.05) is 0 Å². The Hall–Kier alpha value is -1.07. The van der Waals surface area contributed by atoms with Gasteiger partial charge in [0, 0.05) is 13.0 Å². The van der Waals surface area contributed by atoms with Crippen molar-refractivity contribution < 1.29 is 44.2 Å². The summed E-state index contributed by atoms with van der Waals surface area (Å²) in [5.74, 6) is -0.316. The summed E-state index contributed by atoms with van der Waals surface area (Å²) in [6.07, 6.45) is 25.2. The SMILES string of the molecule is CCCCCC/C=C\CCCCCCCCOCC(COC1OC(CO)C(O)C(O)C1O)OC(=O)CCCCCCCCCCCCC. The molecule has 0 aromatic heterocycles. The van der Waals surface area contributed by atoms with Crippen LogP contribution in [0.3, 0.4) is 0 Å². The first-order chi connectivity index (χ1) is 23.4. The van der Waals surface area contributed by atoms with Gasteiger partial charge < -0.3 is 39.4 Å². The van der Waals surface area contributed by atoms with Gasteiger partial charge in [-0.2, -0.15) is 0 Å². The van der Waals surface area contributed by atoms with Gasteiger partial charge in [-0.1, -0.05) is 135 Å². The lowest BCUT2D eigenvalue weighted by Crippen LogP contribution is -2.59. The average Bonchev–Trinajstić information content (AvgIpc) is 3.08. The molecule has 4 N–H and O–H groups in total. The second-order valence-corrected chi connectivity index (χ2v) is 13.7. The number of unbranched alkanes of at least 4 members (excludes halogenated alkanes) is 20. The molecular formula is C39H74O9. The van der Waals surface area contributed by atoms with Crippen LogP contribution in [0.1, 0.15) is 168 Å². The number of carbonyl (C=O) groups excluding carboxylic acids is 1. The van der Waals surface area contributed by atoms with E-state index in [4.69, 9.17) is 18.9 Å². The maximum Gasteiger partial charge on any atom is 0.306 e. The Morgan fingerprint density at radius 3 is 1.71 bits per heavy atom. The van der Waals surface area contributed by atoms with Crippen LogP contribution < -0.4 is 0 Å². The minimum atomic E-state index is -1.53. The van der Waals surface area contributed by atoms with Crippen molar-refractivity contribution >= 4 is 5.97 Å². The van der Waals surface area contributed by atoms with Gasteiger partial charge in [-0.05, 0) is 38.5 Å². The Kier molecular flexibility index (Phi) is 29.9. The number of rotatable bonds is 33. The predicted octanol–water partition coefficient (Wildman–Crippen LogP) is 7.69. The highest BCUT2D eigenvalue weighted by molar-refractivity contribution is 5.69. The highest BCUT2D eigenvalue weighted by atomic mass is 16.7. The van der Waals surface area contributed by atoms with Gasteiger partial charge >= 0.3 is 5.97 Å².